The first-order chi connectivity index (χ1) is 17.0. The third kappa shape index (κ3) is 5.41. The summed E-state index contributed by atoms with van der Waals surface area (Å²) in [5.41, 5.74) is 5.49. The van der Waals surface area contributed by atoms with E-state index in [0.29, 0.717) is 12.8 Å². The summed E-state index contributed by atoms with van der Waals surface area (Å²) in [6, 6.07) is 3.26. The van der Waals surface area contributed by atoms with Crippen molar-refractivity contribution in [2.24, 2.45) is 5.73 Å². The number of aromatic amines is 1. The molecule has 0 aliphatic carbocycles. The highest BCUT2D eigenvalue weighted by molar-refractivity contribution is 6.06. The molecule has 2 heterocycles. The molecule has 0 spiro atoms. The molecule has 0 radical (unpaired) electrons. The lowest BCUT2D eigenvalue weighted by Crippen LogP contribution is -2.51. The normalized spacial score (nSPS) is 18.1. The monoisotopic (exact) mass is 508 g/mol. The number of anilines is 2. The van der Waals surface area contributed by atoms with Gasteiger partial charge in [-0.3, -0.25) is 15.0 Å². The summed E-state index contributed by atoms with van der Waals surface area (Å²) in [6.45, 7) is 0. The maximum Gasteiger partial charge on any atom is 0.471 e. The van der Waals surface area contributed by atoms with Gasteiger partial charge in [0, 0.05) is 11.3 Å². The Hall–Kier alpha value is -4.12. The second-order valence-electron chi connectivity index (χ2n) is 7.91. The number of nitrogens with zero attached hydrogens (tertiary/aromatic N) is 3. The number of hydrogen-bond acceptors (Lipinski definition) is 8. The number of imidazole rings is 1. The second-order valence-corrected chi connectivity index (χ2v) is 7.91. The van der Waals surface area contributed by atoms with Crippen LogP contribution in [0.15, 0.2) is 18.2 Å². The number of aromatic nitrogens is 2. The van der Waals surface area contributed by atoms with E-state index in [2.05, 4.69) is 20.0 Å². The van der Waals surface area contributed by atoms with Gasteiger partial charge >= 0.3 is 24.1 Å². The number of esters is 1. The summed E-state index contributed by atoms with van der Waals surface area (Å²) in [5, 5.41) is 12.0. The molecular formula is C22H23F3N6O5. The summed E-state index contributed by atoms with van der Waals surface area (Å²) in [6.07, 6.45) is -5.49. The van der Waals surface area contributed by atoms with Crippen LogP contribution >= 0.6 is 0 Å². The number of alkyl halides is 3. The van der Waals surface area contributed by atoms with Gasteiger partial charge in [-0.05, 0) is 31.0 Å². The number of rotatable bonds is 2. The number of hydrogen-bond donors (Lipinski definition) is 3. The fourth-order valence-electron chi connectivity index (χ4n) is 3.91. The molecule has 1 aromatic heterocycles. The predicted molar refractivity (Wildman–Crippen MR) is 120 cm³/mol. The lowest BCUT2D eigenvalue weighted by Gasteiger charge is -2.32. The fraction of sp³-hybridized carbons (Fsp3) is 0.409. The van der Waals surface area contributed by atoms with E-state index in [1.165, 1.54) is 12.1 Å². The molecule has 36 heavy (non-hydrogen) atoms. The fourth-order valence-corrected chi connectivity index (χ4v) is 3.91. The molecule has 192 valence electrons. The third-order valence-corrected chi connectivity index (χ3v) is 5.63. The van der Waals surface area contributed by atoms with Crippen LogP contribution in [0.3, 0.4) is 0 Å². The van der Waals surface area contributed by atoms with E-state index in [-0.39, 0.29) is 46.2 Å². The molecule has 2 atom stereocenters. The Kier molecular flexibility index (Phi) is 7.83. The third-order valence-electron chi connectivity index (χ3n) is 5.63. The highest BCUT2D eigenvalue weighted by atomic mass is 19.4. The van der Waals surface area contributed by atoms with Gasteiger partial charge in [0.05, 0.1) is 31.6 Å². The SMILES string of the molecule is COC(=O)Nc1ccc2c(c1)N(C(=O)C(F)(F)F)[C@@H](C(=O)OC)CCCC[C@H](N)c1nc(C#N)c-2[nH]1. The number of halogens is 3. The number of carbonyl (C=O) groups is 3. The zero-order valence-corrected chi connectivity index (χ0v) is 19.3. The van der Waals surface area contributed by atoms with Gasteiger partial charge in [-0.1, -0.05) is 12.8 Å². The zero-order chi connectivity index (χ0) is 26.6. The average molecular weight is 508 g/mol. The van der Waals surface area contributed by atoms with E-state index in [1.54, 1.807) is 0 Å². The summed E-state index contributed by atoms with van der Waals surface area (Å²) < 4.78 is 50.7. The molecule has 1 aromatic carbocycles. The van der Waals surface area contributed by atoms with Crippen molar-refractivity contribution in [1.82, 2.24) is 9.97 Å². The second kappa shape index (κ2) is 10.6. The van der Waals surface area contributed by atoms with Crippen molar-refractivity contribution in [1.29, 1.82) is 5.26 Å². The molecule has 14 heteroatoms. The molecule has 2 bridgehead atoms. The average Bonchev–Trinajstić information content (AvgIpc) is 3.28. The van der Waals surface area contributed by atoms with Crippen LogP contribution in [0.1, 0.15) is 43.2 Å². The number of nitrogens with two attached hydrogens (primary N) is 1. The van der Waals surface area contributed by atoms with Crippen molar-refractivity contribution in [3.8, 4) is 17.3 Å². The zero-order valence-electron chi connectivity index (χ0n) is 19.3. The molecule has 1 aliphatic heterocycles. The van der Waals surface area contributed by atoms with Crippen molar-refractivity contribution < 1.29 is 37.0 Å². The van der Waals surface area contributed by atoms with Gasteiger partial charge in [0.2, 0.25) is 0 Å². The standard InChI is InChI=1S/C22H23F3N6O5/c1-35-19(32)15-6-4-3-5-13(27)18-29-14(10-26)17(30-18)12-8-7-11(28-21(34)36-2)9-16(12)31(15)20(33)22(23,24)25/h7-9,13,15H,3-6,27H2,1-2H3,(H,28,34)(H,29,30)/t13-,15+/m0/s1. The molecule has 11 nitrogen and oxygen atoms in total. The molecule has 0 unspecified atom stereocenters. The van der Waals surface area contributed by atoms with E-state index < -0.39 is 41.9 Å². The van der Waals surface area contributed by atoms with Crippen LogP contribution in [0.4, 0.5) is 29.3 Å². The lowest BCUT2D eigenvalue weighted by molar-refractivity contribution is -0.172. The minimum atomic E-state index is -5.37. The Bertz CT molecular complexity index is 1210. The molecule has 4 N–H and O–H groups in total. The first-order valence-electron chi connectivity index (χ1n) is 10.7. The molecular weight excluding hydrogens is 485 g/mol. The van der Waals surface area contributed by atoms with Crippen molar-refractivity contribution >= 4 is 29.3 Å². The van der Waals surface area contributed by atoms with Crippen LogP contribution in [0.25, 0.3) is 11.3 Å². The lowest BCUT2D eigenvalue weighted by atomic mass is 10.00. The van der Waals surface area contributed by atoms with Gasteiger partial charge < -0.3 is 20.2 Å². The molecule has 3 rings (SSSR count). The van der Waals surface area contributed by atoms with E-state index in [0.717, 1.165) is 20.3 Å². The van der Waals surface area contributed by atoms with Gasteiger partial charge in [0.1, 0.15) is 17.9 Å². The van der Waals surface area contributed by atoms with Gasteiger partial charge in [-0.25, -0.2) is 14.6 Å². The Labute approximate surface area is 203 Å². The predicted octanol–water partition coefficient (Wildman–Crippen LogP) is 3.14. The number of methoxy groups -OCH3 is 2. The highest BCUT2D eigenvalue weighted by Crippen LogP contribution is 2.39. The van der Waals surface area contributed by atoms with Gasteiger partial charge in [-0.15, -0.1) is 0 Å². The summed E-state index contributed by atoms with van der Waals surface area (Å²) >= 11 is 0. The quantitative estimate of drug-likeness (QED) is 0.521. The van der Waals surface area contributed by atoms with E-state index in [9.17, 15) is 32.8 Å². The number of ether oxygens (including phenoxy) is 2. The number of nitrogens with one attached hydrogen (secondary N) is 2. The maximum absolute atomic E-state index is 13.8. The summed E-state index contributed by atoms with van der Waals surface area (Å²) in [7, 11) is 2.08. The molecule has 0 saturated carbocycles. The van der Waals surface area contributed by atoms with Gasteiger partial charge in [-0.2, -0.15) is 18.4 Å². The first kappa shape index (κ1) is 26.5. The molecule has 1 aliphatic rings. The van der Waals surface area contributed by atoms with Crippen LogP contribution in [-0.4, -0.2) is 54.4 Å². The van der Waals surface area contributed by atoms with Crippen LogP contribution in [0.2, 0.25) is 0 Å². The molecule has 2 amide bonds. The van der Waals surface area contributed by atoms with Crippen LogP contribution in [-0.2, 0) is 19.1 Å². The number of amides is 2. The minimum absolute atomic E-state index is 0.00766. The number of fused-ring (bicyclic) bond motifs is 4. The van der Waals surface area contributed by atoms with Gasteiger partial charge in [0.15, 0.2) is 5.69 Å². The Morgan fingerprint density at radius 1 is 1.22 bits per heavy atom. The van der Waals surface area contributed by atoms with Crippen molar-refractivity contribution in [3.05, 3.63) is 29.7 Å². The van der Waals surface area contributed by atoms with E-state index in [4.69, 9.17) is 10.5 Å². The van der Waals surface area contributed by atoms with Crippen LogP contribution in [0, 0.1) is 11.3 Å². The summed E-state index contributed by atoms with van der Waals surface area (Å²) in [4.78, 5) is 44.5. The Balaban J connectivity index is 2.38. The van der Waals surface area contributed by atoms with Gasteiger partial charge in [0.25, 0.3) is 0 Å². The first-order valence-corrected chi connectivity index (χ1v) is 10.7. The number of benzene rings is 1. The molecule has 0 saturated heterocycles. The van der Waals surface area contributed by atoms with Crippen molar-refractivity contribution in [2.45, 2.75) is 43.9 Å². The van der Waals surface area contributed by atoms with E-state index in [1.807, 2.05) is 6.07 Å². The molecule has 0 fully saturated rings. The minimum Gasteiger partial charge on any atom is -0.467 e. The number of H-pyrrole nitrogens is 1. The topological polar surface area (TPSA) is 163 Å². The Morgan fingerprint density at radius 3 is 2.53 bits per heavy atom. The molecule has 2 aromatic rings. The smallest absolute Gasteiger partial charge is 0.467 e. The highest BCUT2D eigenvalue weighted by Gasteiger charge is 2.48. The van der Waals surface area contributed by atoms with Crippen LogP contribution < -0.4 is 16.0 Å². The van der Waals surface area contributed by atoms with Crippen LogP contribution in [0.5, 0.6) is 0 Å². The van der Waals surface area contributed by atoms with Crippen molar-refractivity contribution in [3.63, 3.8) is 0 Å². The van der Waals surface area contributed by atoms with Crippen molar-refractivity contribution in [2.75, 3.05) is 24.4 Å². The number of carbonyl (C=O) groups excluding carboxylic acids is 3. The number of nitriles is 1. The van der Waals surface area contributed by atoms with E-state index >= 15 is 0 Å². The maximum atomic E-state index is 13.8. The summed E-state index contributed by atoms with van der Waals surface area (Å²) in [5.74, 6) is -3.17. The Morgan fingerprint density at radius 2 is 1.92 bits per heavy atom. The largest absolute Gasteiger partial charge is 0.471 e.